The van der Waals surface area contributed by atoms with E-state index in [1.807, 2.05) is 13.0 Å². The number of ether oxygens (including phenoxy) is 1. The molecule has 0 fully saturated rings. The Morgan fingerprint density at radius 3 is 2.46 bits per heavy atom. The second-order valence-corrected chi connectivity index (χ2v) is 7.58. The Bertz CT molecular complexity index is 709. The lowest BCUT2D eigenvalue weighted by molar-refractivity contribution is -0.125. The van der Waals surface area contributed by atoms with E-state index in [0.29, 0.717) is 5.75 Å². The molecule has 26 heavy (non-hydrogen) atoms. The van der Waals surface area contributed by atoms with Gasteiger partial charge in [-0.3, -0.25) is 9.59 Å². The van der Waals surface area contributed by atoms with Crippen molar-refractivity contribution in [1.82, 2.24) is 5.32 Å². The lowest BCUT2D eigenvalue weighted by atomic mass is 9.96. The van der Waals surface area contributed by atoms with Gasteiger partial charge in [0.25, 0.3) is 0 Å². The average Bonchev–Trinajstić information content (AvgIpc) is 2.58. The van der Waals surface area contributed by atoms with Gasteiger partial charge in [-0.25, -0.2) is 0 Å². The average molecular weight is 376 g/mol. The summed E-state index contributed by atoms with van der Waals surface area (Å²) >= 11 is 1.52. The van der Waals surface area contributed by atoms with Crippen LogP contribution in [0, 0.1) is 6.92 Å². The Labute approximate surface area is 161 Å². The molecule has 0 heterocycles. The van der Waals surface area contributed by atoms with Crippen LogP contribution in [0.2, 0.25) is 0 Å². The number of thioether (sulfide) groups is 1. The topological polar surface area (TPSA) is 55.4 Å². The minimum absolute atomic E-state index is 0.0475. The molecule has 0 aromatic heterocycles. The SMILES string of the molecule is C=C(SCC(NC(C)=O)C(C)=O)C(C)c1ccc(C=C(C)OC)c(C)c1. The summed E-state index contributed by atoms with van der Waals surface area (Å²) in [6.45, 7) is 13.2. The predicted molar refractivity (Wildman–Crippen MR) is 110 cm³/mol. The van der Waals surface area contributed by atoms with Gasteiger partial charge in [-0.05, 0) is 48.4 Å². The summed E-state index contributed by atoms with van der Waals surface area (Å²) in [6.07, 6.45) is 2.01. The van der Waals surface area contributed by atoms with Gasteiger partial charge in [0.05, 0.1) is 18.9 Å². The molecule has 1 aromatic rings. The van der Waals surface area contributed by atoms with Crippen molar-refractivity contribution in [3.8, 4) is 0 Å². The molecule has 0 aliphatic rings. The number of benzene rings is 1. The zero-order chi connectivity index (χ0) is 19.9. The van der Waals surface area contributed by atoms with Crippen molar-refractivity contribution in [3.05, 3.63) is 52.1 Å². The summed E-state index contributed by atoms with van der Waals surface area (Å²) in [5.41, 5.74) is 3.47. The molecule has 1 N–H and O–H groups in total. The highest BCUT2D eigenvalue weighted by Crippen LogP contribution is 2.32. The third kappa shape index (κ3) is 6.71. The first kappa shape index (κ1) is 22.0. The largest absolute Gasteiger partial charge is 0.501 e. The fraction of sp³-hybridized carbons (Fsp3) is 0.429. The smallest absolute Gasteiger partial charge is 0.217 e. The molecule has 0 bridgehead atoms. The highest BCUT2D eigenvalue weighted by Gasteiger charge is 2.18. The van der Waals surface area contributed by atoms with Crippen LogP contribution in [-0.2, 0) is 14.3 Å². The highest BCUT2D eigenvalue weighted by molar-refractivity contribution is 8.03. The molecule has 1 rings (SSSR count). The van der Waals surface area contributed by atoms with E-state index in [2.05, 4.69) is 43.9 Å². The minimum atomic E-state index is -0.479. The fourth-order valence-corrected chi connectivity index (χ4v) is 3.50. The van der Waals surface area contributed by atoms with Gasteiger partial charge in [-0.2, -0.15) is 0 Å². The van der Waals surface area contributed by atoms with Crippen LogP contribution in [0.15, 0.2) is 35.4 Å². The summed E-state index contributed by atoms with van der Waals surface area (Å²) in [5.74, 6) is 1.25. The Morgan fingerprint density at radius 2 is 1.96 bits per heavy atom. The quantitative estimate of drug-likeness (QED) is 0.648. The summed E-state index contributed by atoms with van der Waals surface area (Å²) in [7, 11) is 1.66. The maximum absolute atomic E-state index is 11.7. The van der Waals surface area contributed by atoms with Crippen LogP contribution in [0.5, 0.6) is 0 Å². The predicted octanol–water partition coefficient (Wildman–Crippen LogP) is 4.45. The number of allylic oxidation sites excluding steroid dienone is 2. The number of amides is 1. The summed E-state index contributed by atoms with van der Waals surface area (Å²) in [5, 5.41) is 2.68. The zero-order valence-electron chi connectivity index (χ0n) is 16.5. The molecule has 1 amide bonds. The first-order valence-electron chi connectivity index (χ1n) is 8.57. The third-order valence-corrected chi connectivity index (χ3v) is 5.49. The van der Waals surface area contributed by atoms with Crippen molar-refractivity contribution < 1.29 is 14.3 Å². The van der Waals surface area contributed by atoms with Gasteiger partial charge in [0.1, 0.15) is 0 Å². The van der Waals surface area contributed by atoms with Crippen molar-refractivity contribution >= 4 is 29.5 Å². The van der Waals surface area contributed by atoms with Gasteiger partial charge < -0.3 is 10.1 Å². The van der Waals surface area contributed by atoms with E-state index >= 15 is 0 Å². The van der Waals surface area contributed by atoms with Gasteiger partial charge in [-0.1, -0.05) is 31.7 Å². The van der Waals surface area contributed by atoms with Gasteiger partial charge >= 0.3 is 0 Å². The first-order valence-corrected chi connectivity index (χ1v) is 9.56. The van der Waals surface area contributed by atoms with Crippen LogP contribution in [0.3, 0.4) is 0 Å². The maximum Gasteiger partial charge on any atom is 0.217 e. The summed E-state index contributed by atoms with van der Waals surface area (Å²) in [6, 6.07) is 5.85. The molecule has 0 spiro atoms. The molecule has 0 aliphatic heterocycles. The fourth-order valence-electron chi connectivity index (χ4n) is 2.42. The number of carbonyl (C=O) groups is 2. The molecule has 2 unspecified atom stereocenters. The van der Waals surface area contributed by atoms with Crippen molar-refractivity contribution in [2.75, 3.05) is 12.9 Å². The minimum Gasteiger partial charge on any atom is -0.501 e. The molecule has 0 radical (unpaired) electrons. The standard InChI is InChI=1S/C21H29NO3S/c1-13-10-20(9-8-19(13)11-14(2)25-7)15(3)17(5)26-12-21(16(4)23)22-18(6)24/h8-11,15,21H,5,12H2,1-4,6-7H3,(H,22,24). The van der Waals surface area contributed by atoms with Gasteiger partial charge in [0.2, 0.25) is 5.91 Å². The van der Waals surface area contributed by atoms with Gasteiger partial charge in [-0.15, -0.1) is 11.8 Å². The Morgan fingerprint density at radius 1 is 1.31 bits per heavy atom. The highest BCUT2D eigenvalue weighted by atomic mass is 32.2. The zero-order valence-corrected chi connectivity index (χ0v) is 17.3. The lowest BCUT2D eigenvalue weighted by Crippen LogP contribution is -2.40. The molecule has 4 nitrogen and oxygen atoms in total. The number of methoxy groups -OCH3 is 1. The molecule has 0 saturated carbocycles. The van der Waals surface area contributed by atoms with E-state index in [1.54, 1.807) is 7.11 Å². The van der Waals surface area contributed by atoms with Crippen molar-refractivity contribution in [3.63, 3.8) is 0 Å². The molecule has 142 valence electrons. The molecule has 0 saturated heterocycles. The molecule has 5 heteroatoms. The van der Waals surface area contributed by atoms with E-state index in [-0.39, 0.29) is 17.6 Å². The number of aryl methyl sites for hydroxylation is 1. The van der Waals surface area contributed by atoms with Crippen molar-refractivity contribution in [2.45, 2.75) is 46.6 Å². The third-order valence-electron chi connectivity index (χ3n) is 4.26. The number of nitrogens with one attached hydrogen (secondary N) is 1. The van der Waals surface area contributed by atoms with Crippen LogP contribution < -0.4 is 5.32 Å². The first-order chi connectivity index (χ1) is 12.1. The van der Waals surface area contributed by atoms with E-state index < -0.39 is 6.04 Å². The molecular formula is C21H29NO3S. The number of rotatable bonds is 9. The molecular weight excluding hydrogens is 346 g/mol. The van der Waals surface area contributed by atoms with E-state index in [0.717, 1.165) is 16.2 Å². The number of ketones is 1. The summed E-state index contributed by atoms with van der Waals surface area (Å²) in [4.78, 5) is 23.8. The number of Topliss-reactive ketones (excluding diaryl/α,β-unsaturated/α-hetero) is 1. The van der Waals surface area contributed by atoms with E-state index in [1.165, 1.54) is 36.7 Å². The van der Waals surface area contributed by atoms with Gasteiger partial charge in [0, 0.05) is 18.6 Å². The van der Waals surface area contributed by atoms with Crippen molar-refractivity contribution in [1.29, 1.82) is 0 Å². The molecule has 1 aromatic carbocycles. The van der Waals surface area contributed by atoms with Gasteiger partial charge in [0.15, 0.2) is 5.78 Å². The number of carbonyl (C=O) groups excluding carboxylic acids is 2. The molecule has 0 aliphatic carbocycles. The molecule has 2 atom stereocenters. The van der Waals surface area contributed by atoms with Crippen molar-refractivity contribution in [2.24, 2.45) is 0 Å². The summed E-state index contributed by atoms with van der Waals surface area (Å²) < 4.78 is 5.21. The lowest BCUT2D eigenvalue weighted by Gasteiger charge is -2.19. The van der Waals surface area contributed by atoms with E-state index in [4.69, 9.17) is 4.74 Å². The Hall–Kier alpha value is -2.01. The van der Waals surface area contributed by atoms with Crippen LogP contribution in [0.25, 0.3) is 6.08 Å². The van der Waals surface area contributed by atoms with Crippen LogP contribution in [0.1, 0.15) is 50.3 Å². The van der Waals surface area contributed by atoms with Crippen LogP contribution in [0.4, 0.5) is 0 Å². The van der Waals surface area contributed by atoms with E-state index in [9.17, 15) is 9.59 Å². The normalized spacial score (nSPS) is 13.7. The Kier molecular flexibility index (Phi) is 8.66. The number of hydrogen-bond donors (Lipinski definition) is 1. The monoisotopic (exact) mass is 375 g/mol. The second kappa shape index (κ2) is 10.2. The van der Waals surface area contributed by atoms with Crippen LogP contribution >= 0.6 is 11.8 Å². The maximum atomic E-state index is 11.7. The Balaban J connectivity index is 2.80. The van der Waals surface area contributed by atoms with Crippen LogP contribution in [-0.4, -0.2) is 30.6 Å². The number of hydrogen-bond acceptors (Lipinski definition) is 4. The second-order valence-electron chi connectivity index (χ2n) is 6.44.